The summed E-state index contributed by atoms with van der Waals surface area (Å²) in [6, 6.07) is 13.1. The van der Waals surface area contributed by atoms with Crippen molar-refractivity contribution in [3.05, 3.63) is 74.6 Å². The molecule has 2 aromatic heterocycles. The molecule has 1 aliphatic heterocycles. The second-order valence-corrected chi connectivity index (χ2v) is 9.28. The van der Waals surface area contributed by atoms with Crippen LogP contribution in [0.25, 0.3) is 21.3 Å². The molecule has 2 aromatic carbocycles. The number of benzene rings is 2. The highest BCUT2D eigenvalue weighted by Crippen LogP contribution is 2.38. The molecule has 4 aromatic rings. The zero-order valence-electron chi connectivity index (χ0n) is 17.8. The van der Waals surface area contributed by atoms with E-state index in [9.17, 15) is 9.59 Å². The fourth-order valence-electron chi connectivity index (χ4n) is 3.88. The largest absolute Gasteiger partial charge is 0.489 e. The number of carbonyl (C=O) groups excluding carboxylic acids is 1. The Hall–Kier alpha value is -3.36. The molecule has 1 amide bonds. The Morgan fingerprint density at radius 1 is 1.21 bits per heavy atom. The Kier molecular flexibility index (Phi) is 5.78. The normalized spacial score (nSPS) is 13.0. The predicted molar refractivity (Wildman–Crippen MR) is 129 cm³/mol. The van der Waals surface area contributed by atoms with Gasteiger partial charge in [0.1, 0.15) is 11.2 Å². The molecule has 1 aliphatic rings. The van der Waals surface area contributed by atoms with Crippen LogP contribution >= 0.6 is 22.9 Å². The Balaban J connectivity index is 1.44. The quantitative estimate of drug-likeness (QED) is 0.462. The Bertz CT molecular complexity index is 1410. The minimum Gasteiger partial charge on any atom is -0.489 e. The van der Waals surface area contributed by atoms with Gasteiger partial charge >= 0.3 is 0 Å². The lowest BCUT2D eigenvalue weighted by Crippen LogP contribution is -2.34. The molecule has 7 nitrogen and oxygen atoms in total. The molecule has 0 atom stereocenters. The summed E-state index contributed by atoms with van der Waals surface area (Å²) in [5.41, 5.74) is 4.75. The van der Waals surface area contributed by atoms with E-state index in [2.05, 4.69) is 10.4 Å². The van der Waals surface area contributed by atoms with Crippen molar-refractivity contribution in [2.24, 2.45) is 0 Å². The van der Waals surface area contributed by atoms with Crippen molar-refractivity contribution >= 4 is 39.1 Å². The van der Waals surface area contributed by atoms with Crippen molar-refractivity contribution < 1.29 is 14.3 Å². The van der Waals surface area contributed by atoms with Gasteiger partial charge in [0.2, 0.25) is 5.91 Å². The van der Waals surface area contributed by atoms with E-state index in [1.807, 2.05) is 37.3 Å². The van der Waals surface area contributed by atoms with Gasteiger partial charge in [-0.15, -0.1) is 11.3 Å². The van der Waals surface area contributed by atoms with Crippen LogP contribution in [-0.4, -0.2) is 28.8 Å². The number of hydrogen-bond acceptors (Lipinski definition) is 6. The van der Waals surface area contributed by atoms with E-state index in [4.69, 9.17) is 21.1 Å². The van der Waals surface area contributed by atoms with Crippen molar-refractivity contribution in [3.8, 4) is 22.6 Å². The minimum absolute atomic E-state index is 0.00897. The van der Waals surface area contributed by atoms with E-state index in [1.165, 1.54) is 17.7 Å². The highest BCUT2D eigenvalue weighted by atomic mass is 35.5. The lowest BCUT2D eigenvalue weighted by molar-refractivity contribution is -0.116. The molecule has 0 saturated heterocycles. The number of amides is 1. The fourth-order valence-corrected chi connectivity index (χ4v) is 5.17. The van der Waals surface area contributed by atoms with Gasteiger partial charge in [-0.2, -0.15) is 0 Å². The van der Waals surface area contributed by atoms with Crippen LogP contribution in [0.3, 0.4) is 0 Å². The summed E-state index contributed by atoms with van der Waals surface area (Å²) in [4.78, 5) is 32.1. The van der Waals surface area contributed by atoms with Crippen molar-refractivity contribution in [1.29, 1.82) is 0 Å². The number of rotatable bonds is 4. The maximum absolute atomic E-state index is 13.3. The summed E-state index contributed by atoms with van der Waals surface area (Å²) in [5.74, 6) is 0.631. The molecule has 0 saturated carbocycles. The smallest absolute Gasteiger partial charge is 0.281 e. The number of nitrogens with one attached hydrogen (secondary N) is 1. The van der Waals surface area contributed by atoms with E-state index >= 15 is 0 Å². The number of aryl methyl sites for hydroxylation is 1. The third-order valence-electron chi connectivity index (χ3n) is 5.32. The number of nitrogens with zero attached hydrogens (tertiary/aromatic N) is 2. The van der Waals surface area contributed by atoms with Crippen LogP contribution in [0, 0.1) is 6.92 Å². The molecule has 0 aliphatic carbocycles. The molecule has 5 rings (SSSR count). The molecular formula is C24H20ClN3O4S. The third-order valence-corrected chi connectivity index (χ3v) is 6.62. The molecule has 0 radical (unpaired) electrons. The molecule has 33 heavy (non-hydrogen) atoms. The average Bonchev–Trinajstić information content (AvgIpc) is 2.96. The summed E-state index contributed by atoms with van der Waals surface area (Å²) in [6.07, 6.45) is 2.11. The number of aromatic nitrogens is 2. The summed E-state index contributed by atoms with van der Waals surface area (Å²) < 4.78 is 12.5. The fraction of sp³-hybridized carbons (Fsp3) is 0.208. The maximum Gasteiger partial charge on any atom is 0.281 e. The van der Waals surface area contributed by atoms with Gasteiger partial charge in [0.05, 0.1) is 30.0 Å². The number of hydrogen-bond donors (Lipinski definition) is 1. The van der Waals surface area contributed by atoms with Crippen molar-refractivity contribution in [2.45, 2.75) is 19.8 Å². The molecule has 9 heteroatoms. The lowest BCUT2D eigenvalue weighted by Gasteiger charge is -2.12. The van der Waals surface area contributed by atoms with Gasteiger partial charge in [-0.1, -0.05) is 41.9 Å². The van der Waals surface area contributed by atoms with Crippen LogP contribution in [0.1, 0.15) is 16.9 Å². The predicted octanol–water partition coefficient (Wildman–Crippen LogP) is 4.56. The molecule has 3 heterocycles. The molecule has 168 valence electrons. The summed E-state index contributed by atoms with van der Waals surface area (Å²) >= 11 is 7.79. The van der Waals surface area contributed by atoms with Gasteiger partial charge in [-0.25, -0.2) is 9.66 Å². The lowest BCUT2D eigenvalue weighted by atomic mass is 10.0. The van der Waals surface area contributed by atoms with Crippen molar-refractivity contribution in [1.82, 2.24) is 9.66 Å². The highest BCUT2D eigenvalue weighted by molar-refractivity contribution is 7.19. The number of fused-ring (bicyclic) bond motifs is 2. The van der Waals surface area contributed by atoms with Crippen LogP contribution in [0.5, 0.6) is 11.5 Å². The van der Waals surface area contributed by atoms with Gasteiger partial charge in [0, 0.05) is 16.9 Å². The second kappa shape index (κ2) is 8.88. The highest BCUT2D eigenvalue weighted by Gasteiger charge is 2.19. The number of halogens is 1. The summed E-state index contributed by atoms with van der Waals surface area (Å²) in [7, 11) is 0. The van der Waals surface area contributed by atoms with E-state index in [1.54, 1.807) is 12.1 Å². The first-order valence-corrected chi connectivity index (χ1v) is 11.6. The van der Waals surface area contributed by atoms with E-state index in [-0.39, 0.29) is 17.9 Å². The molecular weight excluding hydrogens is 462 g/mol. The Morgan fingerprint density at radius 3 is 2.82 bits per heavy atom. The van der Waals surface area contributed by atoms with Gasteiger partial charge in [0.15, 0.2) is 11.5 Å². The van der Waals surface area contributed by atoms with Crippen LogP contribution in [-0.2, 0) is 11.2 Å². The zero-order chi connectivity index (χ0) is 22.9. The van der Waals surface area contributed by atoms with Crippen molar-refractivity contribution in [3.63, 3.8) is 0 Å². The number of carbonyl (C=O) groups is 1. The van der Waals surface area contributed by atoms with E-state index in [0.717, 1.165) is 27.1 Å². The summed E-state index contributed by atoms with van der Waals surface area (Å²) in [5, 5.41) is 0.879. The first-order valence-electron chi connectivity index (χ1n) is 10.5. The van der Waals surface area contributed by atoms with Crippen LogP contribution in [0.2, 0.25) is 5.02 Å². The average molecular weight is 482 g/mol. The maximum atomic E-state index is 13.3. The van der Waals surface area contributed by atoms with Gasteiger partial charge in [0.25, 0.3) is 5.56 Å². The first kappa shape index (κ1) is 21.5. The van der Waals surface area contributed by atoms with E-state index in [0.29, 0.717) is 45.5 Å². The Labute approximate surface area is 198 Å². The molecule has 0 unspecified atom stereocenters. The van der Waals surface area contributed by atoms with Gasteiger partial charge in [-0.05, 0) is 30.2 Å². The topological polar surface area (TPSA) is 82.5 Å². The molecule has 0 fully saturated rings. The zero-order valence-corrected chi connectivity index (χ0v) is 19.3. The van der Waals surface area contributed by atoms with Crippen molar-refractivity contribution in [2.75, 3.05) is 18.6 Å². The van der Waals surface area contributed by atoms with Crippen LogP contribution in [0.4, 0.5) is 0 Å². The second-order valence-electron chi connectivity index (χ2n) is 7.67. The van der Waals surface area contributed by atoms with Crippen LogP contribution in [0.15, 0.2) is 53.6 Å². The van der Waals surface area contributed by atoms with Gasteiger partial charge in [-0.3, -0.25) is 15.0 Å². The minimum atomic E-state index is -0.378. The van der Waals surface area contributed by atoms with Gasteiger partial charge < -0.3 is 9.47 Å². The Morgan fingerprint density at radius 2 is 2.00 bits per heavy atom. The number of thiophene rings is 1. The SMILES string of the molecule is Cc1sc2ncn(NC(=O)Cc3cc(Cl)c4c(c3)OCCCO4)c(=O)c2c1-c1ccccc1. The van der Waals surface area contributed by atoms with Crippen LogP contribution < -0.4 is 20.5 Å². The standard InChI is InChI=1S/C24H20ClN3O4S/c1-14-20(16-6-3-2-4-7-16)21-23(33-14)26-13-28(24(21)30)27-19(29)12-15-10-17(25)22-18(11-15)31-8-5-9-32-22/h2-4,6-7,10-11,13H,5,8-9,12H2,1H3,(H,27,29). The monoisotopic (exact) mass is 481 g/mol. The van der Waals surface area contributed by atoms with E-state index < -0.39 is 0 Å². The molecule has 0 bridgehead atoms. The third kappa shape index (κ3) is 4.19. The first-order chi connectivity index (χ1) is 16.0. The molecule has 0 spiro atoms. The molecule has 1 N–H and O–H groups in total. The summed E-state index contributed by atoms with van der Waals surface area (Å²) in [6.45, 7) is 3.01. The number of ether oxygens (including phenoxy) is 2.